The number of cyclic esters (lactones) is 1. The number of nitro groups is 1. The molecule has 0 amide bonds. The van der Waals surface area contributed by atoms with E-state index in [0.29, 0.717) is 11.3 Å². The molecule has 0 unspecified atom stereocenters. The first kappa shape index (κ1) is 17.4. The van der Waals surface area contributed by atoms with E-state index in [-0.39, 0.29) is 11.3 Å². The lowest BCUT2D eigenvalue weighted by Gasteiger charge is -2.05. The Morgan fingerprint density at radius 2 is 1.39 bits per heavy atom. The van der Waals surface area contributed by atoms with Crippen LogP contribution in [0.3, 0.4) is 0 Å². The van der Waals surface area contributed by atoms with E-state index in [9.17, 15) is 14.9 Å². The molecule has 0 spiro atoms. The highest BCUT2D eigenvalue weighted by molar-refractivity contribution is 6.05. The number of nitrogens with zero attached hydrogens (tertiary/aromatic N) is 1. The Morgan fingerprint density at radius 3 is 2.11 bits per heavy atom. The van der Waals surface area contributed by atoms with Crippen molar-refractivity contribution in [1.29, 1.82) is 0 Å². The van der Waals surface area contributed by atoms with Gasteiger partial charge in [-0.05, 0) is 29.3 Å². The van der Waals surface area contributed by atoms with Gasteiger partial charge in [0, 0.05) is 11.6 Å². The van der Waals surface area contributed by atoms with Crippen LogP contribution in [0.4, 0.5) is 5.69 Å². The number of hydrogen-bond donors (Lipinski definition) is 0. The Hall–Kier alpha value is -3.99. The molecule has 28 heavy (non-hydrogen) atoms. The van der Waals surface area contributed by atoms with Gasteiger partial charge in [0.05, 0.1) is 16.1 Å². The smallest absolute Gasteiger partial charge is 0.343 e. The fraction of sp³-hybridized carbons (Fsp3) is 0. The zero-order valence-electron chi connectivity index (χ0n) is 14.7. The summed E-state index contributed by atoms with van der Waals surface area (Å²) >= 11 is 0. The minimum absolute atomic E-state index is 0.0585. The molecule has 0 atom stereocenters. The topological polar surface area (TPSA) is 69.4 Å². The number of rotatable bonds is 4. The van der Waals surface area contributed by atoms with Crippen molar-refractivity contribution >= 4 is 23.5 Å². The van der Waals surface area contributed by atoms with E-state index in [2.05, 4.69) is 0 Å². The summed E-state index contributed by atoms with van der Waals surface area (Å²) in [5.74, 6) is -0.102. The van der Waals surface area contributed by atoms with E-state index >= 15 is 0 Å². The van der Waals surface area contributed by atoms with Gasteiger partial charge in [-0.15, -0.1) is 0 Å². The van der Waals surface area contributed by atoms with E-state index in [1.165, 1.54) is 12.1 Å². The minimum atomic E-state index is -0.528. The number of carbonyl (C=O) groups excluding carboxylic acids is 1. The van der Waals surface area contributed by atoms with Crippen LogP contribution in [-0.2, 0) is 9.53 Å². The fourth-order valence-corrected chi connectivity index (χ4v) is 3.03. The molecule has 3 aromatic carbocycles. The average molecular weight is 369 g/mol. The fourth-order valence-electron chi connectivity index (χ4n) is 3.03. The maximum absolute atomic E-state index is 12.2. The minimum Gasteiger partial charge on any atom is -0.422 e. The summed E-state index contributed by atoms with van der Waals surface area (Å²) in [4.78, 5) is 22.9. The van der Waals surface area contributed by atoms with Crippen molar-refractivity contribution in [1.82, 2.24) is 0 Å². The van der Waals surface area contributed by atoms with E-state index in [1.54, 1.807) is 24.3 Å². The number of nitro benzene ring substituents is 1. The molecule has 0 radical (unpaired) electrons. The first-order valence-corrected chi connectivity index (χ1v) is 8.67. The molecule has 5 nitrogen and oxygen atoms in total. The van der Waals surface area contributed by atoms with Crippen molar-refractivity contribution in [3.63, 3.8) is 0 Å². The summed E-state index contributed by atoms with van der Waals surface area (Å²) in [6, 6.07) is 23.9. The Morgan fingerprint density at radius 1 is 0.786 bits per heavy atom. The highest BCUT2D eigenvalue weighted by atomic mass is 16.6. The molecule has 0 saturated heterocycles. The van der Waals surface area contributed by atoms with E-state index < -0.39 is 10.9 Å². The Kier molecular flexibility index (Phi) is 4.56. The Labute approximate surface area is 161 Å². The first-order valence-electron chi connectivity index (χ1n) is 8.67. The van der Waals surface area contributed by atoms with Crippen molar-refractivity contribution in [2.75, 3.05) is 0 Å². The molecular weight excluding hydrogens is 354 g/mol. The van der Waals surface area contributed by atoms with E-state index in [0.717, 1.165) is 16.7 Å². The van der Waals surface area contributed by atoms with Crippen LogP contribution in [0.5, 0.6) is 0 Å². The van der Waals surface area contributed by atoms with Crippen molar-refractivity contribution in [2.45, 2.75) is 0 Å². The lowest BCUT2D eigenvalue weighted by molar-refractivity contribution is -0.385. The standard InChI is InChI=1S/C23H15NO4/c25-23-20(14-19-8-4-5-9-21(19)24(26)27)15-22(28-23)18-12-10-17(11-13-18)16-6-2-1-3-7-16/h1-15H/b20-14+. The molecule has 4 rings (SSSR count). The SMILES string of the molecule is O=C1OC(c2ccc(-c3ccccc3)cc2)=C/C1=C\c1ccccc1[N+](=O)[O-]. The molecule has 0 saturated carbocycles. The third-order valence-corrected chi connectivity index (χ3v) is 4.45. The normalized spacial score (nSPS) is 14.6. The van der Waals surface area contributed by atoms with Gasteiger partial charge in [-0.2, -0.15) is 0 Å². The number of hydrogen-bond acceptors (Lipinski definition) is 4. The van der Waals surface area contributed by atoms with Crippen LogP contribution >= 0.6 is 0 Å². The molecule has 0 N–H and O–H groups in total. The van der Waals surface area contributed by atoms with Gasteiger partial charge in [-0.25, -0.2) is 4.79 Å². The lowest BCUT2D eigenvalue weighted by atomic mass is 10.0. The van der Waals surface area contributed by atoms with Crippen LogP contribution in [-0.4, -0.2) is 10.9 Å². The predicted octanol–water partition coefficient (Wildman–Crippen LogP) is 5.24. The van der Waals surface area contributed by atoms with Gasteiger partial charge in [-0.1, -0.05) is 66.7 Å². The number of ether oxygens (including phenoxy) is 1. The van der Waals surface area contributed by atoms with Gasteiger partial charge in [0.2, 0.25) is 0 Å². The maximum Gasteiger partial charge on any atom is 0.343 e. The van der Waals surface area contributed by atoms with Gasteiger partial charge < -0.3 is 4.74 Å². The molecule has 0 aliphatic carbocycles. The molecule has 0 fully saturated rings. The van der Waals surface area contributed by atoms with Gasteiger partial charge in [0.15, 0.2) is 0 Å². The summed E-state index contributed by atoms with van der Waals surface area (Å²) in [5, 5.41) is 11.2. The molecule has 5 heteroatoms. The van der Waals surface area contributed by atoms with E-state index in [4.69, 9.17) is 4.74 Å². The van der Waals surface area contributed by atoms with Crippen molar-refractivity contribution in [3.05, 3.63) is 112 Å². The average Bonchev–Trinajstić information content (AvgIpc) is 3.09. The molecule has 0 bridgehead atoms. The number of benzene rings is 3. The molecular formula is C23H15NO4. The molecule has 3 aromatic rings. The van der Waals surface area contributed by atoms with Gasteiger partial charge >= 0.3 is 5.97 Å². The number of para-hydroxylation sites is 1. The Balaban J connectivity index is 1.64. The molecule has 1 aliphatic heterocycles. The highest BCUT2D eigenvalue weighted by Gasteiger charge is 2.23. The Bertz CT molecular complexity index is 1110. The van der Waals surface area contributed by atoms with Crippen LogP contribution in [0.2, 0.25) is 0 Å². The summed E-state index contributed by atoms with van der Waals surface area (Å²) < 4.78 is 5.36. The molecule has 136 valence electrons. The molecule has 1 aliphatic rings. The largest absolute Gasteiger partial charge is 0.422 e. The number of carbonyl (C=O) groups is 1. The second-order valence-corrected chi connectivity index (χ2v) is 6.26. The summed E-state index contributed by atoms with van der Waals surface area (Å²) in [6.07, 6.45) is 3.09. The molecule has 1 heterocycles. The van der Waals surface area contributed by atoms with Crippen LogP contribution in [0.15, 0.2) is 90.5 Å². The molecule has 0 aromatic heterocycles. The second kappa shape index (κ2) is 7.32. The van der Waals surface area contributed by atoms with Gasteiger partial charge in [-0.3, -0.25) is 10.1 Å². The third-order valence-electron chi connectivity index (χ3n) is 4.45. The first-order chi connectivity index (χ1) is 13.6. The number of esters is 1. The van der Waals surface area contributed by atoms with Crippen LogP contribution in [0.25, 0.3) is 23.0 Å². The second-order valence-electron chi connectivity index (χ2n) is 6.26. The maximum atomic E-state index is 12.2. The third kappa shape index (κ3) is 3.46. The highest BCUT2D eigenvalue weighted by Crippen LogP contribution is 2.30. The van der Waals surface area contributed by atoms with Gasteiger partial charge in [0.25, 0.3) is 5.69 Å². The van der Waals surface area contributed by atoms with Gasteiger partial charge in [0.1, 0.15) is 5.76 Å². The lowest BCUT2D eigenvalue weighted by Crippen LogP contribution is -1.98. The predicted molar refractivity (Wildman–Crippen MR) is 107 cm³/mol. The summed E-state index contributed by atoms with van der Waals surface area (Å²) in [7, 11) is 0. The zero-order chi connectivity index (χ0) is 19.5. The van der Waals surface area contributed by atoms with Crippen molar-refractivity contribution in [3.8, 4) is 11.1 Å². The zero-order valence-corrected chi connectivity index (χ0v) is 14.7. The van der Waals surface area contributed by atoms with Crippen LogP contribution in [0, 0.1) is 10.1 Å². The van der Waals surface area contributed by atoms with Crippen LogP contribution in [0.1, 0.15) is 11.1 Å². The summed E-state index contributed by atoms with van der Waals surface area (Å²) in [5.41, 5.74) is 3.50. The van der Waals surface area contributed by atoms with Crippen LogP contribution < -0.4 is 0 Å². The van der Waals surface area contributed by atoms with E-state index in [1.807, 2.05) is 54.6 Å². The summed E-state index contributed by atoms with van der Waals surface area (Å²) in [6.45, 7) is 0. The van der Waals surface area contributed by atoms with Crippen molar-refractivity contribution < 1.29 is 14.5 Å². The quantitative estimate of drug-likeness (QED) is 0.273. The monoisotopic (exact) mass is 369 g/mol. The van der Waals surface area contributed by atoms with Crippen molar-refractivity contribution in [2.24, 2.45) is 0 Å².